The van der Waals surface area contributed by atoms with Gasteiger partial charge in [-0.05, 0) is 43.7 Å². The number of fused-ring (bicyclic) bond motifs is 1. The van der Waals surface area contributed by atoms with Gasteiger partial charge in [0.15, 0.2) is 11.5 Å². The molecule has 1 atom stereocenters. The largest absolute Gasteiger partial charge is 0.364 e. The normalized spacial score (nSPS) is 16.7. The second kappa shape index (κ2) is 7.81. The molecule has 0 aliphatic carbocycles. The summed E-state index contributed by atoms with van der Waals surface area (Å²) in [4.78, 5) is 29.6. The van der Waals surface area contributed by atoms with Crippen LogP contribution in [0.25, 0.3) is 11.2 Å². The highest BCUT2D eigenvalue weighted by Crippen LogP contribution is 2.24. The van der Waals surface area contributed by atoms with E-state index in [9.17, 15) is 4.79 Å². The quantitative estimate of drug-likeness (QED) is 0.537. The molecule has 9 nitrogen and oxygen atoms in total. The highest BCUT2D eigenvalue weighted by Gasteiger charge is 2.17. The van der Waals surface area contributed by atoms with Crippen LogP contribution in [-0.2, 0) is 4.79 Å². The van der Waals surface area contributed by atoms with Gasteiger partial charge in [0.1, 0.15) is 5.52 Å². The maximum absolute atomic E-state index is 11.5. The fourth-order valence-corrected chi connectivity index (χ4v) is 3.24. The highest BCUT2D eigenvalue weighted by atomic mass is 16.2. The Labute approximate surface area is 163 Å². The molecule has 146 valence electrons. The van der Waals surface area contributed by atoms with Crippen molar-refractivity contribution in [1.82, 2.24) is 25.3 Å². The van der Waals surface area contributed by atoms with Gasteiger partial charge in [-0.2, -0.15) is 9.97 Å². The van der Waals surface area contributed by atoms with Crippen LogP contribution in [0.15, 0.2) is 30.6 Å². The lowest BCUT2D eigenvalue weighted by Gasteiger charge is -2.24. The van der Waals surface area contributed by atoms with E-state index in [-0.39, 0.29) is 5.91 Å². The number of aromatic nitrogens is 4. The number of carbonyl (C=O) groups is 1. The summed E-state index contributed by atoms with van der Waals surface area (Å²) in [7, 11) is 1.75. The van der Waals surface area contributed by atoms with Crippen LogP contribution < -0.4 is 20.9 Å². The average Bonchev–Trinajstić information content (AvgIpc) is 3.18. The van der Waals surface area contributed by atoms with E-state index in [2.05, 4.69) is 35.9 Å². The SMILES string of the molecule is CC(=O)N(C)c1ccc(Nc2nc(NC3CCCNC3)c3nc[nH]c3n2)cc1. The smallest absolute Gasteiger partial charge is 0.231 e. The fraction of sp³-hybridized carbons (Fsp3) is 0.368. The fourth-order valence-electron chi connectivity index (χ4n) is 3.24. The van der Waals surface area contributed by atoms with E-state index in [0.29, 0.717) is 17.6 Å². The van der Waals surface area contributed by atoms with Crippen molar-refractivity contribution < 1.29 is 4.79 Å². The zero-order chi connectivity index (χ0) is 19.5. The van der Waals surface area contributed by atoms with Crippen molar-refractivity contribution in [2.45, 2.75) is 25.8 Å². The summed E-state index contributed by atoms with van der Waals surface area (Å²) >= 11 is 0. The Bertz CT molecular complexity index is 962. The van der Waals surface area contributed by atoms with Crippen molar-refractivity contribution in [2.75, 3.05) is 35.7 Å². The Hall–Kier alpha value is -3.20. The third-order valence-electron chi connectivity index (χ3n) is 4.90. The Kier molecular flexibility index (Phi) is 5.07. The number of H-pyrrole nitrogens is 1. The van der Waals surface area contributed by atoms with Gasteiger partial charge in [0, 0.05) is 37.9 Å². The van der Waals surface area contributed by atoms with E-state index in [1.165, 1.54) is 6.92 Å². The van der Waals surface area contributed by atoms with Crippen LogP contribution in [0.1, 0.15) is 19.8 Å². The van der Waals surface area contributed by atoms with Crippen molar-refractivity contribution in [1.29, 1.82) is 0 Å². The molecule has 3 heterocycles. The van der Waals surface area contributed by atoms with Gasteiger partial charge in [-0.15, -0.1) is 0 Å². The summed E-state index contributed by atoms with van der Waals surface area (Å²) in [5.74, 6) is 1.19. The molecule has 28 heavy (non-hydrogen) atoms. The van der Waals surface area contributed by atoms with Gasteiger partial charge in [0.05, 0.1) is 6.33 Å². The number of hydrogen-bond donors (Lipinski definition) is 4. The Balaban J connectivity index is 1.56. The van der Waals surface area contributed by atoms with Crippen LogP contribution in [0.3, 0.4) is 0 Å². The second-order valence-electron chi connectivity index (χ2n) is 6.93. The highest BCUT2D eigenvalue weighted by molar-refractivity contribution is 5.91. The van der Waals surface area contributed by atoms with E-state index >= 15 is 0 Å². The number of piperidine rings is 1. The summed E-state index contributed by atoms with van der Waals surface area (Å²) in [5, 5.41) is 10.1. The summed E-state index contributed by atoms with van der Waals surface area (Å²) < 4.78 is 0. The zero-order valence-electron chi connectivity index (χ0n) is 16.0. The van der Waals surface area contributed by atoms with Crippen molar-refractivity contribution >= 4 is 40.2 Å². The summed E-state index contributed by atoms with van der Waals surface area (Å²) in [6.45, 7) is 3.50. The number of hydrogen-bond acceptors (Lipinski definition) is 7. The number of nitrogens with zero attached hydrogens (tertiary/aromatic N) is 4. The maximum Gasteiger partial charge on any atom is 0.231 e. The molecule has 1 saturated heterocycles. The number of anilines is 4. The first-order valence-electron chi connectivity index (χ1n) is 9.40. The first kappa shape index (κ1) is 18.2. The standard InChI is InChI=1S/C19H24N8O/c1-12(28)27(2)15-7-5-13(6-8-15)24-19-25-17-16(21-11-22-17)18(26-19)23-14-4-3-9-20-10-14/h5-8,11,14,20H,3-4,9-10H2,1-2H3,(H3,21,22,23,24,25,26). The number of carbonyl (C=O) groups excluding carboxylic acids is 1. The van der Waals surface area contributed by atoms with Gasteiger partial charge in [-0.1, -0.05) is 0 Å². The van der Waals surface area contributed by atoms with E-state index in [1.54, 1.807) is 18.3 Å². The zero-order valence-corrected chi connectivity index (χ0v) is 16.0. The predicted molar refractivity (Wildman–Crippen MR) is 110 cm³/mol. The molecule has 9 heteroatoms. The third kappa shape index (κ3) is 3.89. The molecule has 0 saturated carbocycles. The molecule has 3 aromatic rings. The first-order valence-corrected chi connectivity index (χ1v) is 9.40. The van der Waals surface area contributed by atoms with Crippen molar-refractivity contribution in [3.8, 4) is 0 Å². The number of benzene rings is 1. The van der Waals surface area contributed by atoms with Crippen LogP contribution in [0, 0.1) is 0 Å². The minimum absolute atomic E-state index is 0.0124. The molecule has 0 radical (unpaired) electrons. The number of imidazole rings is 1. The van der Waals surface area contributed by atoms with Crippen molar-refractivity contribution in [3.63, 3.8) is 0 Å². The lowest BCUT2D eigenvalue weighted by molar-refractivity contribution is -0.116. The third-order valence-corrected chi connectivity index (χ3v) is 4.90. The number of aromatic amines is 1. The molecule has 4 N–H and O–H groups in total. The molecule has 0 spiro atoms. The summed E-state index contributed by atoms with van der Waals surface area (Å²) in [5.41, 5.74) is 3.08. The van der Waals surface area contributed by atoms with Crippen LogP contribution >= 0.6 is 0 Å². The first-order chi connectivity index (χ1) is 13.6. The molecular weight excluding hydrogens is 356 g/mol. The van der Waals surface area contributed by atoms with Gasteiger partial charge in [0.2, 0.25) is 11.9 Å². The minimum Gasteiger partial charge on any atom is -0.364 e. The molecule has 1 aliphatic heterocycles. The minimum atomic E-state index is -0.0124. The van der Waals surface area contributed by atoms with E-state index in [4.69, 9.17) is 0 Å². The lowest BCUT2D eigenvalue weighted by Crippen LogP contribution is -2.38. The molecule has 0 bridgehead atoms. The molecule has 1 amide bonds. The molecule has 4 rings (SSSR count). The van der Waals surface area contributed by atoms with Crippen LogP contribution in [0.5, 0.6) is 0 Å². The molecular formula is C19H24N8O. The van der Waals surface area contributed by atoms with Crippen molar-refractivity contribution in [2.24, 2.45) is 0 Å². The van der Waals surface area contributed by atoms with Gasteiger partial charge in [-0.25, -0.2) is 4.98 Å². The Morgan fingerprint density at radius 3 is 2.79 bits per heavy atom. The van der Waals surface area contributed by atoms with E-state index in [1.807, 2.05) is 24.3 Å². The molecule has 1 aliphatic rings. The van der Waals surface area contributed by atoms with E-state index in [0.717, 1.165) is 48.6 Å². The number of nitrogens with one attached hydrogen (secondary N) is 4. The number of rotatable bonds is 5. The van der Waals surface area contributed by atoms with Gasteiger partial charge < -0.3 is 25.8 Å². The average molecular weight is 380 g/mol. The molecule has 2 aromatic heterocycles. The van der Waals surface area contributed by atoms with Crippen molar-refractivity contribution in [3.05, 3.63) is 30.6 Å². The predicted octanol–water partition coefficient (Wildman–Crippen LogP) is 2.24. The van der Waals surface area contributed by atoms with Crippen LogP contribution in [-0.4, -0.2) is 52.0 Å². The second-order valence-corrected chi connectivity index (χ2v) is 6.93. The number of amides is 1. The Morgan fingerprint density at radius 1 is 1.25 bits per heavy atom. The van der Waals surface area contributed by atoms with Crippen LogP contribution in [0.4, 0.5) is 23.1 Å². The van der Waals surface area contributed by atoms with Gasteiger partial charge in [0.25, 0.3) is 0 Å². The van der Waals surface area contributed by atoms with E-state index < -0.39 is 0 Å². The topological polar surface area (TPSA) is 111 Å². The Morgan fingerprint density at radius 2 is 2.07 bits per heavy atom. The summed E-state index contributed by atoms with van der Waals surface area (Å²) in [6, 6.07) is 7.87. The van der Waals surface area contributed by atoms with Crippen LogP contribution in [0.2, 0.25) is 0 Å². The monoisotopic (exact) mass is 380 g/mol. The molecule has 1 aromatic carbocycles. The lowest BCUT2D eigenvalue weighted by atomic mass is 10.1. The van der Waals surface area contributed by atoms with Gasteiger partial charge in [-0.3, -0.25) is 4.79 Å². The molecule has 1 fully saturated rings. The summed E-state index contributed by atoms with van der Waals surface area (Å²) in [6.07, 6.45) is 3.86. The molecule has 1 unspecified atom stereocenters. The van der Waals surface area contributed by atoms with Gasteiger partial charge >= 0.3 is 0 Å². The maximum atomic E-state index is 11.5.